The van der Waals surface area contributed by atoms with Gasteiger partial charge in [-0.25, -0.2) is 12.7 Å². The minimum Gasteiger partial charge on any atom is -0.312 e. The molecule has 1 aromatic rings. The standard InChI is InChI=1S/C12H22N2O2S2/c1-4-6-7-14(3)18(15,16)12-8-11(17-10-12)9-13-5-2/h8,10,13H,4-7,9H2,1-3H3. The van der Waals surface area contributed by atoms with Gasteiger partial charge in [-0.05, 0) is 19.0 Å². The fraction of sp³-hybridized carbons (Fsp3) is 0.667. The number of rotatable bonds is 8. The molecule has 0 aliphatic rings. The molecular formula is C12H22N2O2S2. The van der Waals surface area contributed by atoms with Crippen molar-refractivity contribution < 1.29 is 8.42 Å². The van der Waals surface area contributed by atoms with Crippen molar-refractivity contribution in [1.29, 1.82) is 0 Å². The quantitative estimate of drug-likeness (QED) is 0.799. The summed E-state index contributed by atoms with van der Waals surface area (Å²) in [4.78, 5) is 1.47. The second-order valence-electron chi connectivity index (χ2n) is 4.21. The van der Waals surface area contributed by atoms with Gasteiger partial charge in [0.15, 0.2) is 0 Å². The van der Waals surface area contributed by atoms with Crippen LogP contribution in [0.4, 0.5) is 0 Å². The van der Waals surface area contributed by atoms with Crippen LogP contribution in [0.25, 0.3) is 0 Å². The molecule has 0 radical (unpaired) electrons. The van der Waals surface area contributed by atoms with E-state index in [9.17, 15) is 8.42 Å². The zero-order valence-electron chi connectivity index (χ0n) is 11.3. The largest absolute Gasteiger partial charge is 0.312 e. The fourth-order valence-electron chi connectivity index (χ4n) is 1.52. The van der Waals surface area contributed by atoms with E-state index in [0.717, 1.165) is 30.8 Å². The number of thiophene rings is 1. The van der Waals surface area contributed by atoms with Crippen molar-refractivity contribution in [3.8, 4) is 0 Å². The third-order valence-electron chi connectivity index (χ3n) is 2.71. The second kappa shape index (κ2) is 7.23. The maximum Gasteiger partial charge on any atom is 0.243 e. The Balaban J connectivity index is 2.75. The number of unbranched alkanes of at least 4 members (excludes halogenated alkanes) is 1. The lowest BCUT2D eigenvalue weighted by Gasteiger charge is -2.15. The van der Waals surface area contributed by atoms with Gasteiger partial charge in [0.2, 0.25) is 10.0 Å². The molecule has 0 saturated heterocycles. The van der Waals surface area contributed by atoms with Crippen molar-refractivity contribution in [3.63, 3.8) is 0 Å². The van der Waals surface area contributed by atoms with Crippen LogP contribution in [0.2, 0.25) is 0 Å². The van der Waals surface area contributed by atoms with Gasteiger partial charge in [-0.2, -0.15) is 0 Å². The van der Waals surface area contributed by atoms with E-state index in [1.165, 1.54) is 15.6 Å². The topological polar surface area (TPSA) is 49.4 Å². The Kier molecular flexibility index (Phi) is 6.28. The molecule has 0 unspecified atom stereocenters. The van der Waals surface area contributed by atoms with Crippen LogP contribution in [0.5, 0.6) is 0 Å². The molecule has 1 aromatic heterocycles. The third-order valence-corrected chi connectivity index (χ3v) is 5.63. The lowest BCUT2D eigenvalue weighted by atomic mass is 10.3. The Morgan fingerprint density at radius 2 is 2.11 bits per heavy atom. The normalized spacial score (nSPS) is 12.2. The smallest absolute Gasteiger partial charge is 0.243 e. The Bertz CT molecular complexity index is 454. The summed E-state index contributed by atoms with van der Waals surface area (Å²) in [5, 5.41) is 4.92. The Morgan fingerprint density at radius 1 is 1.39 bits per heavy atom. The van der Waals surface area contributed by atoms with Crippen LogP contribution in [-0.4, -0.2) is 32.9 Å². The Morgan fingerprint density at radius 3 is 2.72 bits per heavy atom. The van der Waals surface area contributed by atoms with E-state index in [1.807, 2.05) is 6.92 Å². The summed E-state index contributed by atoms with van der Waals surface area (Å²) in [5.74, 6) is 0. The third kappa shape index (κ3) is 4.05. The van der Waals surface area contributed by atoms with Crippen molar-refractivity contribution in [2.45, 2.75) is 38.1 Å². The Hall–Kier alpha value is -0.430. The molecule has 1 N–H and O–H groups in total. The minimum atomic E-state index is -3.30. The molecule has 0 aliphatic carbocycles. The van der Waals surface area contributed by atoms with E-state index in [4.69, 9.17) is 0 Å². The van der Waals surface area contributed by atoms with Crippen molar-refractivity contribution in [1.82, 2.24) is 9.62 Å². The van der Waals surface area contributed by atoms with Gasteiger partial charge < -0.3 is 5.32 Å². The predicted molar refractivity (Wildman–Crippen MR) is 76.4 cm³/mol. The molecule has 1 heterocycles. The fourth-order valence-corrected chi connectivity index (χ4v) is 3.96. The van der Waals surface area contributed by atoms with Gasteiger partial charge in [0.05, 0.1) is 4.90 Å². The first-order chi connectivity index (χ1) is 8.52. The first-order valence-electron chi connectivity index (χ1n) is 6.26. The van der Waals surface area contributed by atoms with Gasteiger partial charge in [0.25, 0.3) is 0 Å². The van der Waals surface area contributed by atoms with Gasteiger partial charge >= 0.3 is 0 Å². The highest BCUT2D eigenvalue weighted by molar-refractivity contribution is 7.89. The lowest BCUT2D eigenvalue weighted by molar-refractivity contribution is 0.459. The molecule has 0 aliphatic heterocycles. The van der Waals surface area contributed by atoms with E-state index >= 15 is 0 Å². The molecule has 0 aromatic carbocycles. The second-order valence-corrected chi connectivity index (χ2v) is 7.25. The number of hydrogen-bond donors (Lipinski definition) is 1. The first kappa shape index (κ1) is 15.6. The molecule has 0 amide bonds. The summed E-state index contributed by atoms with van der Waals surface area (Å²) in [6.07, 6.45) is 1.89. The number of nitrogens with one attached hydrogen (secondary N) is 1. The number of sulfonamides is 1. The van der Waals surface area contributed by atoms with E-state index in [1.54, 1.807) is 18.5 Å². The van der Waals surface area contributed by atoms with Crippen LogP contribution < -0.4 is 5.32 Å². The molecular weight excluding hydrogens is 268 g/mol. The SMILES string of the molecule is CCCCN(C)S(=O)(=O)c1csc(CNCC)c1. The molecule has 6 heteroatoms. The van der Waals surface area contributed by atoms with E-state index in [0.29, 0.717) is 11.4 Å². The number of nitrogens with zero attached hydrogens (tertiary/aromatic N) is 1. The molecule has 0 fully saturated rings. The number of hydrogen-bond acceptors (Lipinski definition) is 4. The molecule has 0 saturated carbocycles. The van der Waals surface area contributed by atoms with Gasteiger partial charge in [-0.1, -0.05) is 20.3 Å². The summed E-state index contributed by atoms with van der Waals surface area (Å²) < 4.78 is 25.9. The molecule has 1 rings (SSSR count). The first-order valence-corrected chi connectivity index (χ1v) is 8.58. The summed E-state index contributed by atoms with van der Waals surface area (Å²) in [6.45, 7) is 6.28. The van der Waals surface area contributed by atoms with Gasteiger partial charge in [-0.15, -0.1) is 11.3 Å². The molecule has 0 spiro atoms. The highest BCUT2D eigenvalue weighted by atomic mass is 32.2. The van der Waals surface area contributed by atoms with Crippen molar-refractivity contribution in [2.75, 3.05) is 20.1 Å². The highest BCUT2D eigenvalue weighted by Gasteiger charge is 2.21. The molecule has 0 atom stereocenters. The van der Waals surface area contributed by atoms with E-state index in [-0.39, 0.29) is 0 Å². The average Bonchev–Trinajstić information content (AvgIpc) is 2.82. The molecule has 18 heavy (non-hydrogen) atoms. The van der Waals surface area contributed by atoms with E-state index in [2.05, 4.69) is 12.2 Å². The van der Waals surface area contributed by atoms with Crippen molar-refractivity contribution in [2.24, 2.45) is 0 Å². The summed E-state index contributed by atoms with van der Waals surface area (Å²) in [6, 6.07) is 1.77. The molecule has 4 nitrogen and oxygen atoms in total. The maximum atomic E-state index is 12.2. The van der Waals surface area contributed by atoms with Crippen molar-refractivity contribution in [3.05, 3.63) is 16.3 Å². The zero-order chi connectivity index (χ0) is 13.6. The van der Waals surface area contributed by atoms with Gasteiger partial charge in [0, 0.05) is 30.4 Å². The van der Waals surface area contributed by atoms with Crippen LogP contribution >= 0.6 is 11.3 Å². The lowest BCUT2D eigenvalue weighted by Crippen LogP contribution is -2.27. The monoisotopic (exact) mass is 290 g/mol. The summed E-state index contributed by atoms with van der Waals surface area (Å²) in [7, 11) is -1.65. The molecule has 0 bridgehead atoms. The average molecular weight is 290 g/mol. The maximum absolute atomic E-state index is 12.2. The van der Waals surface area contributed by atoms with Gasteiger partial charge in [0.1, 0.15) is 0 Å². The van der Waals surface area contributed by atoms with Gasteiger partial charge in [-0.3, -0.25) is 0 Å². The highest BCUT2D eigenvalue weighted by Crippen LogP contribution is 2.22. The summed E-state index contributed by atoms with van der Waals surface area (Å²) >= 11 is 1.49. The summed E-state index contributed by atoms with van der Waals surface area (Å²) in [5.41, 5.74) is 0. The predicted octanol–water partition coefficient (Wildman–Crippen LogP) is 2.28. The van der Waals surface area contributed by atoms with Crippen LogP contribution in [-0.2, 0) is 16.6 Å². The van der Waals surface area contributed by atoms with Crippen LogP contribution in [0.3, 0.4) is 0 Å². The zero-order valence-corrected chi connectivity index (χ0v) is 12.9. The Labute approximate surface area is 114 Å². The van der Waals surface area contributed by atoms with Crippen LogP contribution in [0.15, 0.2) is 16.3 Å². The molecule has 104 valence electrons. The van der Waals surface area contributed by atoms with E-state index < -0.39 is 10.0 Å². The van der Waals surface area contributed by atoms with Crippen molar-refractivity contribution >= 4 is 21.4 Å². The minimum absolute atomic E-state index is 0.416. The van der Waals surface area contributed by atoms with Crippen LogP contribution in [0, 0.1) is 0 Å². The van der Waals surface area contributed by atoms with Crippen LogP contribution in [0.1, 0.15) is 31.6 Å².